The van der Waals surface area contributed by atoms with E-state index < -0.39 is 0 Å². The molecule has 0 amide bonds. The lowest BCUT2D eigenvalue weighted by Crippen LogP contribution is -2.19. The highest BCUT2D eigenvalue weighted by atomic mass is 35.5. The van der Waals surface area contributed by atoms with Gasteiger partial charge in [-0.25, -0.2) is 0 Å². The Balaban J connectivity index is 2.05. The molecular formula is C19H16ClNO3. The van der Waals surface area contributed by atoms with Crippen LogP contribution in [0.1, 0.15) is 11.1 Å². The van der Waals surface area contributed by atoms with E-state index in [2.05, 4.69) is 6.07 Å². The van der Waals surface area contributed by atoms with Crippen LogP contribution < -0.4 is 15.0 Å². The molecule has 0 unspecified atom stereocenters. The second-order valence-electron chi connectivity index (χ2n) is 5.97. The van der Waals surface area contributed by atoms with Crippen molar-refractivity contribution in [1.82, 2.24) is 4.57 Å². The predicted octanol–water partition coefficient (Wildman–Crippen LogP) is 4.01. The normalized spacial score (nSPS) is 12.2. The number of aryl methyl sites for hydroxylation is 1. The van der Waals surface area contributed by atoms with E-state index in [1.54, 1.807) is 24.9 Å². The van der Waals surface area contributed by atoms with Crippen molar-refractivity contribution in [2.45, 2.75) is 13.5 Å². The number of fused-ring (bicyclic) bond motifs is 4. The zero-order valence-corrected chi connectivity index (χ0v) is 14.4. The molecular weight excluding hydrogens is 326 g/mol. The molecule has 24 heavy (non-hydrogen) atoms. The summed E-state index contributed by atoms with van der Waals surface area (Å²) in [7, 11) is 3.22. The molecule has 4 rings (SSSR count). The molecule has 5 heteroatoms. The fourth-order valence-electron chi connectivity index (χ4n) is 3.43. The first-order chi connectivity index (χ1) is 11.5. The van der Waals surface area contributed by atoms with Crippen LogP contribution >= 0.6 is 11.6 Å². The van der Waals surface area contributed by atoms with E-state index in [1.807, 2.05) is 25.1 Å². The van der Waals surface area contributed by atoms with Crippen LogP contribution in [0, 0.1) is 6.92 Å². The Hall–Kier alpha value is -2.46. The maximum atomic E-state index is 12.9. The fraction of sp³-hybridized carbons (Fsp3) is 0.211. The molecule has 0 spiro atoms. The Labute approximate surface area is 144 Å². The van der Waals surface area contributed by atoms with Gasteiger partial charge >= 0.3 is 0 Å². The van der Waals surface area contributed by atoms with E-state index in [-0.39, 0.29) is 5.56 Å². The SMILES string of the molecule is COc1cc2c(cc1OC)-c1cc3c(C)cc(Cl)cc3c(=O)n1C2. The zero-order chi connectivity index (χ0) is 17.0. The fourth-order valence-corrected chi connectivity index (χ4v) is 3.71. The molecule has 3 aromatic rings. The number of aromatic nitrogens is 1. The van der Waals surface area contributed by atoms with Gasteiger partial charge in [0.2, 0.25) is 0 Å². The Kier molecular flexibility index (Phi) is 3.32. The van der Waals surface area contributed by atoms with Crippen LogP contribution in [0.15, 0.2) is 35.1 Å². The topological polar surface area (TPSA) is 40.5 Å². The minimum Gasteiger partial charge on any atom is -0.493 e. The van der Waals surface area contributed by atoms with Gasteiger partial charge in [0.05, 0.1) is 26.5 Å². The summed E-state index contributed by atoms with van der Waals surface area (Å²) in [6.45, 7) is 2.49. The molecule has 2 aromatic carbocycles. The monoisotopic (exact) mass is 341 g/mol. The molecule has 2 heterocycles. The van der Waals surface area contributed by atoms with Crippen LogP contribution in [-0.2, 0) is 6.54 Å². The summed E-state index contributed by atoms with van der Waals surface area (Å²) in [6, 6.07) is 9.54. The number of benzene rings is 2. The molecule has 0 bridgehead atoms. The lowest BCUT2D eigenvalue weighted by Gasteiger charge is -2.10. The van der Waals surface area contributed by atoms with Crippen molar-refractivity contribution in [2.24, 2.45) is 0 Å². The minimum atomic E-state index is -0.0257. The Morgan fingerprint density at radius 3 is 2.42 bits per heavy atom. The number of halogens is 1. The van der Waals surface area contributed by atoms with E-state index in [9.17, 15) is 4.79 Å². The Bertz CT molecular complexity index is 1050. The standard InChI is InChI=1S/C19H16ClNO3/c1-10-4-12(20)6-15-13(10)7-16-14-8-18(24-3)17(23-2)5-11(14)9-21(16)19(15)22/h4-8H,9H2,1-3H3. The van der Waals surface area contributed by atoms with Gasteiger partial charge in [-0.3, -0.25) is 4.79 Å². The highest BCUT2D eigenvalue weighted by molar-refractivity contribution is 6.31. The molecule has 1 aliphatic rings. The number of methoxy groups -OCH3 is 2. The van der Waals surface area contributed by atoms with Gasteiger partial charge in [-0.15, -0.1) is 0 Å². The van der Waals surface area contributed by atoms with Crippen molar-refractivity contribution >= 4 is 22.4 Å². The Morgan fingerprint density at radius 2 is 1.71 bits per heavy atom. The second kappa shape index (κ2) is 5.28. The van der Waals surface area contributed by atoms with Gasteiger partial charge in [-0.2, -0.15) is 0 Å². The smallest absolute Gasteiger partial charge is 0.259 e. The van der Waals surface area contributed by atoms with Crippen molar-refractivity contribution in [3.8, 4) is 22.8 Å². The van der Waals surface area contributed by atoms with Crippen LogP contribution in [0.3, 0.4) is 0 Å². The molecule has 0 atom stereocenters. The molecule has 1 aromatic heterocycles. The third-order valence-electron chi connectivity index (χ3n) is 4.61. The van der Waals surface area contributed by atoms with E-state index in [0.29, 0.717) is 28.5 Å². The van der Waals surface area contributed by atoms with Crippen molar-refractivity contribution < 1.29 is 9.47 Å². The summed E-state index contributed by atoms with van der Waals surface area (Å²) in [5, 5.41) is 2.16. The van der Waals surface area contributed by atoms with Crippen LogP contribution in [0.5, 0.6) is 11.5 Å². The number of rotatable bonds is 2. The summed E-state index contributed by atoms with van der Waals surface area (Å²) < 4.78 is 12.6. The molecule has 4 nitrogen and oxygen atoms in total. The molecule has 0 N–H and O–H groups in total. The summed E-state index contributed by atoms with van der Waals surface area (Å²) in [5.41, 5.74) is 3.91. The van der Waals surface area contributed by atoms with Gasteiger partial charge < -0.3 is 14.0 Å². The number of hydrogen-bond acceptors (Lipinski definition) is 3. The van der Waals surface area contributed by atoms with Gasteiger partial charge in [-0.1, -0.05) is 11.6 Å². The maximum absolute atomic E-state index is 12.9. The second-order valence-corrected chi connectivity index (χ2v) is 6.41. The lowest BCUT2D eigenvalue weighted by molar-refractivity contribution is 0.355. The van der Waals surface area contributed by atoms with Gasteiger partial charge in [0.1, 0.15) is 0 Å². The summed E-state index contributed by atoms with van der Waals surface area (Å²) >= 11 is 6.13. The third kappa shape index (κ3) is 2.03. The van der Waals surface area contributed by atoms with Crippen LogP contribution in [0.2, 0.25) is 5.02 Å². The highest BCUT2D eigenvalue weighted by Crippen LogP contribution is 2.40. The van der Waals surface area contributed by atoms with Crippen molar-refractivity contribution in [3.63, 3.8) is 0 Å². The Morgan fingerprint density at radius 1 is 1.00 bits per heavy atom. The first kappa shape index (κ1) is 15.1. The van der Waals surface area contributed by atoms with Crippen LogP contribution in [-0.4, -0.2) is 18.8 Å². The lowest BCUT2D eigenvalue weighted by atomic mass is 10.0. The van der Waals surface area contributed by atoms with Crippen molar-refractivity contribution in [1.29, 1.82) is 0 Å². The van der Waals surface area contributed by atoms with Crippen molar-refractivity contribution in [3.05, 3.63) is 56.8 Å². The van der Waals surface area contributed by atoms with E-state index in [4.69, 9.17) is 21.1 Å². The molecule has 0 fully saturated rings. The van der Waals surface area contributed by atoms with Crippen molar-refractivity contribution in [2.75, 3.05) is 14.2 Å². The summed E-state index contributed by atoms with van der Waals surface area (Å²) in [6.07, 6.45) is 0. The molecule has 0 saturated heterocycles. The average Bonchev–Trinajstić information content (AvgIpc) is 2.92. The van der Waals surface area contributed by atoms with Crippen LogP contribution in [0.4, 0.5) is 0 Å². The summed E-state index contributed by atoms with van der Waals surface area (Å²) in [5.74, 6) is 1.32. The van der Waals surface area contributed by atoms with E-state index in [1.165, 1.54) is 0 Å². The minimum absolute atomic E-state index is 0.0257. The highest BCUT2D eigenvalue weighted by Gasteiger charge is 2.24. The first-order valence-corrected chi connectivity index (χ1v) is 8.00. The van der Waals surface area contributed by atoms with Gasteiger partial charge in [0.25, 0.3) is 5.56 Å². The molecule has 1 aliphatic heterocycles. The number of ether oxygens (including phenoxy) is 2. The van der Waals surface area contributed by atoms with Gasteiger partial charge in [-0.05, 0) is 53.8 Å². The largest absolute Gasteiger partial charge is 0.493 e. The molecule has 0 aliphatic carbocycles. The van der Waals surface area contributed by atoms with E-state index in [0.717, 1.165) is 27.8 Å². The third-order valence-corrected chi connectivity index (χ3v) is 4.83. The average molecular weight is 342 g/mol. The molecule has 122 valence electrons. The van der Waals surface area contributed by atoms with Crippen LogP contribution in [0.25, 0.3) is 22.0 Å². The number of nitrogens with zero attached hydrogens (tertiary/aromatic N) is 1. The maximum Gasteiger partial charge on any atom is 0.259 e. The summed E-state index contributed by atoms with van der Waals surface area (Å²) in [4.78, 5) is 12.9. The first-order valence-electron chi connectivity index (χ1n) is 7.62. The number of hydrogen-bond donors (Lipinski definition) is 0. The van der Waals surface area contributed by atoms with Gasteiger partial charge in [0, 0.05) is 16.0 Å². The molecule has 0 saturated carbocycles. The van der Waals surface area contributed by atoms with Gasteiger partial charge in [0.15, 0.2) is 11.5 Å². The zero-order valence-electron chi connectivity index (χ0n) is 13.6. The van der Waals surface area contributed by atoms with E-state index >= 15 is 0 Å². The predicted molar refractivity (Wildman–Crippen MR) is 95.6 cm³/mol. The number of pyridine rings is 1. The quantitative estimate of drug-likeness (QED) is 0.553. The molecule has 0 radical (unpaired) electrons.